The molecule has 2 aromatic heterocycles. The molecule has 0 saturated carbocycles. The maximum Gasteiger partial charge on any atom is 0.433 e. The normalized spacial score (nSPS) is 15.2. The van der Waals surface area contributed by atoms with Gasteiger partial charge in [-0.15, -0.1) is 5.10 Å². The number of carbonyl (C=O) groups is 1. The molecule has 1 aliphatic heterocycles. The fraction of sp³-hybridized carbons (Fsp3) is 0.500. The highest BCUT2D eigenvalue weighted by Gasteiger charge is 2.34. The Kier molecular flexibility index (Phi) is 4.94. The molecular formula is C16H19F3N6O2. The van der Waals surface area contributed by atoms with Gasteiger partial charge in [-0.1, -0.05) is 0 Å². The van der Waals surface area contributed by atoms with Crippen LogP contribution in [-0.2, 0) is 13.2 Å². The van der Waals surface area contributed by atoms with E-state index in [-0.39, 0.29) is 23.4 Å². The SMILES string of the molecule is COc1nn(C)cc1C(=O)N1CCN(c2cc(C(F)(F)F)nc(C)n2)CC1. The van der Waals surface area contributed by atoms with E-state index < -0.39 is 11.9 Å². The molecule has 8 nitrogen and oxygen atoms in total. The number of hydrogen-bond acceptors (Lipinski definition) is 6. The van der Waals surface area contributed by atoms with Gasteiger partial charge >= 0.3 is 6.18 Å². The van der Waals surface area contributed by atoms with E-state index in [1.54, 1.807) is 23.0 Å². The van der Waals surface area contributed by atoms with Crippen LogP contribution in [0.2, 0.25) is 0 Å². The number of alkyl halides is 3. The monoisotopic (exact) mass is 384 g/mol. The lowest BCUT2D eigenvalue weighted by atomic mass is 10.2. The molecule has 1 saturated heterocycles. The summed E-state index contributed by atoms with van der Waals surface area (Å²) in [7, 11) is 3.12. The minimum Gasteiger partial charge on any atom is -0.479 e. The van der Waals surface area contributed by atoms with Gasteiger partial charge in [0.25, 0.3) is 5.91 Å². The van der Waals surface area contributed by atoms with Gasteiger partial charge in [0, 0.05) is 45.5 Å². The Hall–Kier alpha value is -2.85. The van der Waals surface area contributed by atoms with Gasteiger partial charge in [-0.05, 0) is 6.92 Å². The summed E-state index contributed by atoms with van der Waals surface area (Å²) in [6.07, 6.45) is -2.95. The fourth-order valence-electron chi connectivity index (χ4n) is 2.93. The predicted molar refractivity (Wildman–Crippen MR) is 89.6 cm³/mol. The van der Waals surface area contributed by atoms with Crippen molar-refractivity contribution in [1.29, 1.82) is 0 Å². The molecule has 0 spiro atoms. The topological polar surface area (TPSA) is 76.4 Å². The highest BCUT2D eigenvalue weighted by Crippen LogP contribution is 2.30. The number of ether oxygens (including phenoxy) is 1. The van der Waals surface area contributed by atoms with E-state index in [0.29, 0.717) is 31.7 Å². The van der Waals surface area contributed by atoms with Crippen LogP contribution in [0, 0.1) is 6.92 Å². The molecule has 146 valence electrons. The number of rotatable bonds is 3. The summed E-state index contributed by atoms with van der Waals surface area (Å²) in [6, 6.07) is 0.939. The number of aromatic nitrogens is 4. The van der Waals surface area contributed by atoms with Crippen LogP contribution in [0.3, 0.4) is 0 Å². The van der Waals surface area contributed by atoms with E-state index >= 15 is 0 Å². The lowest BCUT2D eigenvalue weighted by molar-refractivity contribution is -0.141. The Bertz CT molecular complexity index is 843. The van der Waals surface area contributed by atoms with Crippen molar-refractivity contribution < 1.29 is 22.7 Å². The molecule has 0 N–H and O–H groups in total. The summed E-state index contributed by atoms with van der Waals surface area (Å²) in [5.74, 6) is 0.278. The van der Waals surface area contributed by atoms with E-state index in [1.165, 1.54) is 18.7 Å². The smallest absolute Gasteiger partial charge is 0.433 e. The summed E-state index contributed by atoms with van der Waals surface area (Å²) in [5, 5.41) is 4.06. The van der Waals surface area contributed by atoms with Crippen molar-refractivity contribution in [3.05, 3.63) is 29.3 Å². The summed E-state index contributed by atoms with van der Waals surface area (Å²) >= 11 is 0. The number of amides is 1. The van der Waals surface area contributed by atoms with Crippen LogP contribution < -0.4 is 9.64 Å². The molecule has 0 bridgehead atoms. The zero-order chi connectivity index (χ0) is 19.8. The number of methoxy groups -OCH3 is 1. The number of hydrogen-bond donors (Lipinski definition) is 0. The second-order valence-corrected chi connectivity index (χ2v) is 6.16. The van der Waals surface area contributed by atoms with Gasteiger partial charge in [0.2, 0.25) is 5.88 Å². The molecule has 2 aromatic rings. The Morgan fingerprint density at radius 1 is 1.19 bits per heavy atom. The van der Waals surface area contributed by atoms with Gasteiger partial charge in [0.15, 0.2) is 0 Å². The van der Waals surface area contributed by atoms with Crippen molar-refractivity contribution in [2.24, 2.45) is 7.05 Å². The first kappa shape index (κ1) is 18.9. The van der Waals surface area contributed by atoms with Crippen LogP contribution in [0.5, 0.6) is 5.88 Å². The lowest BCUT2D eigenvalue weighted by Crippen LogP contribution is -2.49. The van der Waals surface area contributed by atoms with Gasteiger partial charge in [-0.25, -0.2) is 9.97 Å². The van der Waals surface area contributed by atoms with E-state index in [0.717, 1.165) is 6.07 Å². The second-order valence-electron chi connectivity index (χ2n) is 6.16. The van der Waals surface area contributed by atoms with Crippen LogP contribution in [0.4, 0.5) is 19.0 Å². The average Bonchev–Trinajstić information content (AvgIpc) is 3.01. The van der Waals surface area contributed by atoms with Crippen molar-refractivity contribution in [3.8, 4) is 5.88 Å². The Labute approximate surface area is 153 Å². The van der Waals surface area contributed by atoms with Crippen molar-refractivity contribution in [2.45, 2.75) is 13.1 Å². The quantitative estimate of drug-likeness (QED) is 0.799. The molecular weight excluding hydrogens is 365 g/mol. The first-order valence-electron chi connectivity index (χ1n) is 8.24. The van der Waals surface area contributed by atoms with Gasteiger partial charge in [-0.2, -0.15) is 13.2 Å². The molecule has 11 heteroatoms. The van der Waals surface area contributed by atoms with Crippen molar-refractivity contribution in [2.75, 3.05) is 38.2 Å². The van der Waals surface area contributed by atoms with Crippen molar-refractivity contribution >= 4 is 11.7 Å². The van der Waals surface area contributed by atoms with Crippen LogP contribution >= 0.6 is 0 Å². The highest BCUT2D eigenvalue weighted by atomic mass is 19.4. The summed E-state index contributed by atoms with van der Waals surface area (Å²) in [6.45, 7) is 2.85. The molecule has 1 amide bonds. The van der Waals surface area contributed by atoms with E-state index in [4.69, 9.17) is 4.74 Å². The third-order valence-electron chi connectivity index (χ3n) is 4.22. The minimum absolute atomic E-state index is 0.0541. The Morgan fingerprint density at radius 2 is 1.85 bits per heavy atom. The van der Waals surface area contributed by atoms with E-state index in [1.807, 2.05) is 0 Å². The van der Waals surface area contributed by atoms with Crippen LogP contribution in [0.25, 0.3) is 0 Å². The fourth-order valence-corrected chi connectivity index (χ4v) is 2.93. The predicted octanol–water partition coefficient (Wildman–Crippen LogP) is 1.51. The first-order valence-corrected chi connectivity index (χ1v) is 8.24. The summed E-state index contributed by atoms with van der Waals surface area (Å²) in [5.41, 5.74) is -0.616. The number of piperazine rings is 1. The zero-order valence-electron chi connectivity index (χ0n) is 15.1. The number of aryl methyl sites for hydroxylation is 2. The molecule has 3 rings (SSSR count). The van der Waals surface area contributed by atoms with Crippen LogP contribution in [0.15, 0.2) is 12.3 Å². The molecule has 0 atom stereocenters. The molecule has 0 unspecified atom stereocenters. The number of carbonyl (C=O) groups excluding carboxylic acids is 1. The largest absolute Gasteiger partial charge is 0.479 e. The minimum atomic E-state index is -4.53. The van der Waals surface area contributed by atoms with Gasteiger partial charge in [-0.3, -0.25) is 9.48 Å². The molecule has 0 radical (unpaired) electrons. The molecule has 3 heterocycles. The third-order valence-corrected chi connectivity index (χ3v) is 4.22. The van der Waals surface area contributed by atoms with E-state index in [2.05, 4.69) is 15.1 Å². The van der Waals surface area contributed by atoms with Gasteiger partial charge in [0.05, 0.1) is 7.11 Å². The molecule has 27 heavy (non-hydrogen) atoms. The first-order chi connectivity index (χ1) is 12.7. The Morgan fingerprint density at radius 3 is 2.44 bits per heavy atom. The maximum absolute atomic E-state index is 13.0. The number of anilines is 1. The van der Waals surface area contributed by atoms with Gasteiger partial charge < -0.3 is 14.5 Å². The second kappa shape index (κ2) is 7.05. The van der Waals surface area contributed by atoms with Crippen LogP contribution in [-0.4, -0.2) is 63.8 Å². The lowest BCUT2D eigenvalue weighted by Gasteiger charge is -2.35. The zero-order valence-corrected chi connectivity index (χ0v) is 15.1. The Balaban J connectivity index is 1.72. The maximum atomic E-state index is 13.0. The summed E-state index contributed by atoms with van der Waals surface area (Å²) < 4.78 is 45.5. The highest BCUT2D eigenvalue weighted by molar-refractivity contribution is 5.96. The third kappa shape index (κ3) is 3.96. The van der Waals surface area contributed by atoms with E-state index in [9.17, 15) is 18.0 Å². The number of nitrogens with zero attached hydrogens (tertiary/aromatic N) is 6. The molecule has 0 aliphatic carbocycles. The van der Waals surface area contributed by atoms with Crippen LogP contribution in [0.1, 0.15) is 21.9 Å². The van der Waals surface area contributed by atoms with Gasteiger partial charge in [0.1, 0.15) is 22.9 Å². The van der Waals surface area contributed by atoms with Crippen molar-refractivity contribution in [1.82, 2.24) is 24.6 Å². The summed E-state index contributed by atoms with van der Waals surface area (Å²) in [4.78, 5) is 23.6. The average molecular weight is 384 g/mol. The standard InChI is InChI=1S/C16H19F3N6O2/c1-10-20-12(16(17,18)19)8-13(21-10)24-4-6-25(7-5-24)15(26)11-9-23(2)22-14(11)27-3/h8-9H,4-7H2,1-3H3. The molecule has 1 aliphatic rings. The molecule has 0 aromatic carbocycles. The van der Waals surface area contributed by atoms with Crippen molar-refractivity contribution in [3.63, 3.8) is 0 Å². The molecule has 1 fully saturated rings. The number of halogens is 3.